The van der Waals surface area contributed by atoms with E-state index in [1.54, 1.807) is 6.07 Å². The Labute approximate surface area is 78.8 Å². The smallest absolute Gasteiger partial charge is 0.139 e. The van der Waals surface area contributed by atoms with Gasteiger partial charge < -0.3 is 0 Å². The third kappa shape index (κ3) is 1.89. The molecular formula is C12H13F. The van der Waals surface area contributed by atoms with Crippen LogP contribution in [0.5, 0.6) is 0 Å². The number of terminal acetylenes is 1. The predicted molar refractivity (Wildman–Crippen MR) is 53.2 cm³/mol. The summed E-state index contributed by atoms with van der Waals surface area (Å²) in [5.41, 5.74) is 2.44. The summed E-state index contributed by atoms with van der Waals surface area (Å²) in [6, 6.07) is 3.26. The molecule has 1 heteroatoms. The largest absolute Gasteiger partial charge is 0.206 e. The molecule has 0 atom stereocenters. The minimum Gasteiger partial charge on any atom is -0.206 e. The minimum atomic E-state index is -0.301. The zero-order chi connectivity index (χ0) is 10.0. The molecule has 13 heavy (non-hydrogen) atoms. The van der Waals surface area contributed by atoms with Crippen LogP contribution >= 0.6 is 0 Å². The van der Waals surface area contributed by atoms with E-state index in [2.05, 4.69) is 19.8 Å². The molecule has 0 fully saturated rings. The van der Waals surface area contributed by atoms with Crippen LogP contribution < -0.4 is 0 Å². The second-order valence-corrected chi connectivity index (χ2v) is 3.49. The number of benzene rings is 1. The molecular weight excluding hydrogens is 163 g/mol. The Kier molecular flexibility index (Phi) is 2.72. The third-order valence-electron chi connectivity index (χ3n) is 2.13. The van der Waals surface area contributed by atoms with Gasteiger partial charge in [0.1, 0.15) is 5.82 Å². The monoisotopic (exact) mass is 176 g/mol. The van der Waals surface area contributed by atoms with Crippen LogP contribution in [0.1, 0.15) is 36.5 Å². The Morgan fingerprint density at radius 2 is 2.00 bits per heavy atom. The first-order valence-corrected chi connectivity index (χ1v) is 4.33. The average molecular weight is 176 g/mol. The first kappa shape index (κ1) is 9.80. The molecule has 1 aromatic rings. The highest BCUT2D eigenvalue weighted by molar-refractivity contribution is 5.41. The van der Waals surface area contributed by atoms with E-state index in [1.165, 1.54) is 6.07 Å². The van der Waals surface area contributed by atoms with E-state index in [0.29, 0.717) is 11.5 Å². The number of rotatable bonds is 1. The fourth-order valence-corrected chi connectivity index (χ4v) is 1.42. The van der Waals surface area contributed by atoms with Gasteiger partial charge in [-0.05, 0) is 36.1 Å². The van der Waals surface area contributed by atoms with Gasteiger partial charge in [-0.3, -0.25) is 0 Å². The van der Waals surface area contributed by atoms with E-state index >= 15 is 0 Å². The Morgan fingerprint density at radius 1 is 1.38 bits per heavy atom. The van der Waals surface area contributed by atoms with Crippen molar-refractivity contribution in [1.82, 2.24) is 0 Å². The van der Waals surface area contributed by atoms with Crippen LogP contribution in [0.25, 0.3) is 0 Å². The SMILES string of the molecule is C#Cc1cc(C(C)C)c(C)cc1F. The van der Waals surface area contributed by atoms with Crippen molar-refractivity contribution in [2.24, 2.45) is 0 Å². The molecule has 0 spiro atoms. The molecule has 1 aromatic carbocycles. The summed E-state index contributed by atoms with van der Waals surface area (Å²) >= 11 is 0. The van der Waals surface area contributed by atoms with Gasteiger partial charge in [0.25, 0.3) is 0 Å². The molecule has 0 radical (unpaired) electrons. The summed E-state index contributed by atoms with van der Waals surface area (Å²) in [4.78, 5) is 0. The number of halogens is 1. The standard InChI is InChI=1S/C12H13F/c1-5-10-7-11(8(2)3)9(4)6-12(10)13/h1,6-8H,2-4H3. The molecule has 0 bridgehead atoms. The predicted octanol–water partition coefficient (Wildman–Crippen LogP) is 3.24. The second-order valence-electron chi connectivity index (χ2n) is 3.49. The fraction of sp³-hybridized carbons (Fsp3) is 0.333. The Balaban J connectivity index is 3.33. The molecule has 0 saturated heterocycles. The molecule has 0 saturated carbocycles. The molecule has 0 aromatic heterocycles. The van der Waals surface area contributed by atoms with Crippen LogP contribution in [0.15, 0.2) is 12.1 Å². The van der Waals surface area contributed by atoms with Gasteiger partial charge in [0.15, 0.2) is 0 Å². The van der Waals surface area contributed by atoms with Gasteiger partial charge in [-0.2, -0.15) is 0 Å². The molecule has 0 aliphatic heterocycles. The third-order valence-corrected chi connectivity index (χ3v) is 2.13. The first-order valence-electron chi connectivity index (χ1n) is 4.33. The lowest BCUT2D eigenvalue weighted by Gasteiger charge is -2.10. The van der Waals surface area contributed by atoms with E-state index in [0.717, 1.165) is 11.1 Å². The van der Waals surface area contributed by atoms with Crippen molar-refractivity contribution >= 4 is 0 Å². The van der Waals surface area contributed by atoms with Crippen LogP contribution in [0.4, 0.5) is 4.39 Å². The lowest BCUT2D eigenvalue weighted by atomic mass is 9.96. The van der Waals surface area contributed by atoms with Crippen LogP contribution in [-0.4, -0.2) is 0 Å². The molecule has 0 nitrogen and oxygen atoms in total. The van der Waals surface area contributed by atoms with Crippen molar-refractivity contribution in [1.29, 1.82) is 0 Å². The highest BCUT2D eigenvalue weighted by atomic mass is 19.1. The van der Waals surface area contributed by atoms with E-state index in [9.17, 15) is 4.39 Å². The average Bonchev–Trinajstić information content (AvgIpc) is 2.03. The summed E-state index contributed by atoms with van der Waals surface area (Å²) in [5.74, 6) is 2.42. The van der Waals surface area contributed by atoms with Crippen LogP contribution in [0.3, 0.4) is 0 Å². The Morgan fingerprint density at radius 3 is 2.46 bits per heavy atom. The van der Waals surface area contributed by atoms with Crippen LogP contribution in [0.2, 0.25) is 0 Å². The maximum atomic E-state index is 13.2. The van der Waals surface area contributed by atoms with Gasteiger partial charge >= 0.3 is 0 Å². The van der Waals surface area contributed by atoms with Crippen molar-refractivity contribution in [2.75, 3.05) is 0 Å². The molecule has 0 heterocycles. The maximum Gasteiger partial charge on any atom is 0.139 e. The van der Waals surface area contributed by atoms with Crippen molar-refractivity contribution in [3.63, 3.8) is 0 Å². The van der Waals surface area contributed by atoms with Crippen LogP contribution in [0, 0.1) is 25.1 Å². The van der Waals surface area contributed by atoms with E-state index in [1.807, 2.05) is 6.92 Å². The fourth-order valence-electron chi connectivity index (χ4n) is 1.42. The van der Waals surface area contributed by atoms with Crippen LogP contribution in [-0.2, 0) is 0 Å². The molecule has 68 valence electrons. The van der Waals surface area contributed by atoms with Gasteiger partial charge in [0, 0.05) is 0 Å². The molecule has 0 amide bonds. The molecule has 0 unspecified atom stereocenters. The van der Waals surface area contributed by atoms with E-state index in [4.69, 9.17) is 6.42 Å². The summed E-state index contributed by atoms with van der Waals surface area (Å²) in [5, 5.41) is 0. The summed E-state index contributed by atoms with van der Waals surface area (Å²) < 4.78 is 13.2. The lowest BCUT2D eigenvalue weighted by molar-refractivity contribution is 0.621. The summed E-state index contributed by atoms with van der Waals surface area (Å²) in [7, 11) is 0. The summed E-state index contributed by atoms with van der Waals surface area (Å²) in [6.07, 6.45) is 5.18. The normalized spacial score (nSPS) is 10.2. The molecule has 0 N–H and O–H groups in total. The number of hydrogen-bond acceptors (Lipinski definition) is 0. The second kappa shape index (κ2) is 3.62. The van der Waals surface area contributed by atoms with Crippen molar-refractivity contribution in [3.8, 4) is 12.3 Å². The Hall–Kier alpha value is -1.29. The lowest BCUT2D eigenvalue weighted by Crippen LogP contribution is -1.95. The molecule has 0 aliphatic rings. The zero-order valence-electron chi connectivity index (χ0n) is 8.19. The van der Waals surface area contributed by atoms with E-state index in [-0.39, 0.29) is 5.82 Å². The van der Waals surface area contributed by atoms with E-state index < -0.39 is 0 Å². The number of hydrogen-bond donors (Lipinski definition) is 0. The van der Waals surface area contributed by atoms with Gasteiger partial charge in [0.05, 0.1) is 5.56 Å². The first-order chi connectivity index (χ1) is 6.06. The molecule has 1 rings (SSSR count). The Bertz CT molecular complexity index is 356. The van der Waals surface area contributed by atoms with Crippen molar-refractivity contribution in [3.05, 3.63) is 34.6 Å². The van der Waals surface area contributed by atoms with Gasteiger partial charge in [0.2, 0.25) is 0 Å². The summed E-state index contributed by atoms with van der Waals surface area (Å²) in [6.45, 7) is 6.04. The topological polar surface area (TPSA) is 0 Å². The highest BCUT2D eigenvalue weighted by Gasteiger charge is 2.07. The quantitative estimate of drug-likeness (QED) is 0.576. The number of aryl methyl sites for hydroxylation is 1. The van der Waals surface area contributed by atoms with Crippen molar-refractivity contribution < 1.29 is 4.39 Å². The highest BCUT2D eigenvalue weighted by Crippen LogP contribution is 2.22. The maximum absolute atomic E-state index is 13.2. The van der Waals surface area contributed by atoms with Gasteiger partial charge in [-0.15, -0.1) is 6.42 Å². The van der Waals surface area contributed by atoms with Crippen molar-refractivity contribution in [2.45, 2.75) is 26.7 Å². The van der Waals surface area contributed by atoms with Gasteiger partial charge in [-0.25, -0.2) is 4.39 Å². The van der Waals surface area contributed by atoms with Gasteiger partial charge in [-0.1, -0.05) is 19.8 Å². The minimum absolute atomic E-state index is 0.301. The molecule has 0 aliphatic carbocycles. The zero-order valence-corrected chi connectivity index (χ0v) is 8.19.